The number of halogens is 3. The van der Waals surface area contributed by atoms with Crippen molar-refractivity contribution in [1.82, 2.24) is 5.32 Å². The Labute approximate surface area is 94.8 Å². The molecule has 1 N–H and O–H groups in total. The van der Waals surface area contributed by atoms with Crippen LogP contribution in [-0.2, 0) is 4.79 Å². The highest BCUT2D eigenvalue weighted by atomic mass is 79.9. The van der Waals surface area contributed by atoms with E-state index in [-0.39, 0.29) is 17.3 Å². The van der Waals surface area contributed by atoms with E-state index in [1.807, 2.05) is 0 Å². The van der Waals surface area contributed by atoms with Crippen LogP contribution in [0.1, 0.15) is 18.5 Å². The summed E-state index contributed by atoms with van der Waals surface area (Å²) >= 11 is 3.00. The van der Waals surface area contributed by atoms with Crippen molar-refractivity contribution >= 4 is 21.8 Å². The highest BCUT2D eigenvalue weighted by molar-refractivity contribution is 9.09. The second-order valence-electron chi connectivity index (χ2n) is 3.10. The topological polar surface area (TPSA) is 29.1 Å². The van der Waals surface area contributed by atoms with Gasteiger partial charge in [-0.1, -0.05) is 22.0 Å². The summed E-state index contributed by atoms with van der Waals surface area (Å²) < 4.78 is 25.5. The number of nitrogens with one attached hydrogen (secondary N) is 1. The number of hydrogen-bond donors (Lipinski definition) is 1. The molecule has 0 heterocycles. The van der Waals surface area contributed by atoms with Crippen LogP contribution < -0.4 is 5.32 Å². The van der Waals surface area contributed by atoms with Gasteiger partial charge in [0, 0.05) is 0 Å². The third-order valence-electron chi connectivity index (χ3n) is 1.94. The number of amides is 1. The van der Waals surface area contributed by atoms with Gasteiger partial charge < -0.3 is 5.32 Å². The van der Waals surface area contributed by atoms with Crippen molar-refractivity contribution in [3.05, 3.63) is 35.4 Å². The Morgan fingerprint density at radius 3 is 2.67 bits per heavy atom. The lowest BCUT2D eigenvalue weighted by Gasteiger charge is -2.13. The van der Waals surface area contributed by atoms with E-state index in [9.17, 15) is 13.6 Å². The van der Waals surface area contributed by atoms with E-state index in [1.54, 1.807) is 6.92 Å². The zero-order chi connectivity index (χ0) is 11.4. The summed E-state index contributed by atoms with van der Waals surface area (Å²) in [5.74, 6) is -2.00. The van der Waals surface area contributed by atoms with Gasteiger partial charge in [-0.2, -0.15) is 0 Å². The van der Waals surface area contributed by atoms with Gasteiger partial charge in [0.25, 0.3) is 0 Å². The van der Waals surface area contributed by atoms with Gasteiger partial charge in [-0.05, 0) is 24.6 Å². The van der Waals surface area contributed by atoms with Gasteiger partial charge in [0.2, 0.25) is 5.91 Å². The van der Waals surface area contributed by atoms with E-state index in [0.29, 0.717) is 5.56 Å². The second kappa shape index (κ2) is 5.21. The van der Waals surface area contributed by atoms with Gasteiger partial charge >= 0.3 is 0 Å². The van der Waals surface area contributed by atoms with E-state index >= 15 is 0 Å². The molecule has 0 aliphatic rings. The van der Waals surface area contributed by atoms with Crippen LogP contribution in [0.25, 0.3) is 0 Å². The lowest BCUT2D eigenvalue weighted by molar-refractivity contribution is -0.119. The van der Waals surface area contributed by atoms with Gasteiger partial charge in [0.15, 0.2) is 11.6 Å². The predicted molar refractivity (Wildman–Crippen MR) is 56.7 cm³/mol. The second-order valence-corrected chi connectivity index (χ2v) is 3.66. The van der Waals surface area contributed by atoms with E-state index in [2.05, 4.69) is 21.2 Å². The molecule has 1 amide bonds. The number of carbonyl (C=O) groups excluding carboxylic acids is 1. The van der Waals surface area contributed by atoms with Crippen LogP contribution in [0.3, 0.4) is 0 Å². The number of hydrogen-bond acceptors (Lipinski definition) is 1. The average Bonchev–Trinajstić information content (AvgIpc) is 2.21. The number of rotatable bonds is 3. The van der Waals surface area contributed by atoms with Gasteiger partial charge in [-0.3, -0.25) is 4.79 Å². The maximum Gasteiger partial charge on any atom is 0.231 e. The highest BCUT2D eigenvalue weighted by Crippen LogP contribution is 2.15. The van der Waals surface area contributed by atoms with Crippen molar-refractivity contribution in [2.45, 2.75) is 13.0 Å². The number of carbonyl (C=O) groups is 1. The van der Waals surface area contributed by atoms with Crippen LogP contribution in [0.4, 0.5) is 8.78 Å². The van der Waals surface area contributed by atoms with Crippen molar-refractivity contribution < 1.29 is 13.6 Å². The molecule has 2 nitrogen and oxygen atoms in total. The van der Waals surface area contributed by atoms with Crippen LogP contribution >= 0.6 is 15.9 Å². The first kappa shape index (κ1) is 12.1. The van der Waals surface area contributed by atoms with Crippen LogP contribution in [0.2, 0.25) is 0 Å². The van der Waals surface area contributed by atoms with Gasteiger partial charge in [-0.15, -0.1) is 0 Å². The molecule has 1 aromatic rings. The van der Waals surface area contributed by atoms with Crippen molar-refractivity contribution in [3.63, 3.8) is 0 Å². The molecule has 0 aliphatic heterocycles. The fraction of sp³-hybridized carbons (Fsp3) is 0.300. The lowest BCUT2D eigenvalue weighted by Crippen LogP contribution is -2.27. The summed E-state index contributed by atoms with van der Waals surface area (Å²) in [5, 5.41) is 2.80. The Morgan fingerprint density at radius 2 is 2.13 bits per heavy atom. The number of alkyl halides is 1. The average molecular weight is 278 g/mol. The Bertz CT molecular complexity index is 370. The monoisotopic (exact) mass is 277 g/mol. The van der Waals surface area contributed by atoms with Crippen molar-refractivity contribution in [1.29, 1.82) is 0 Å². The van der Waals surface area contributed by atoms with Gasteiger partial charge in [0.05, 0.1) is 11.4 Å². The minimum absolute atomic E-state index is 0.182. The summed E-state index contributed by atoms with van der Waals surface area (Å²) in [6.07, 6.45) is 0. The minimum atomic E-state index is -0.910. The molecule has 0 aliphatic carbocycles. The molecule has 1 aromatic carbocycles. The van der Waals surface area contributed by atoms with E-state index in [4.69, 9.17) is 0 Å². The quantitative estimate of drug-likeness (QED) is 0.846. The molecule has 1 rings (SSSR count). The first-order valence-electron chi connectivity index (χ1n) is 4.35. The molecule has 0 fully saturated rings. The maximum atomic E-state index is 12.9. The predicted octanol–water partition coefficient (Wildman–Crippen LogP) is 2.54. The fourth-order valence-electron chi connectivity index (χ4n) is 1.15. The Hall–Kier alpha value is -0.970. The minimum Gasteiger partial charge on any atom is -0.349 e. The Kier molecular flexibility index (Phi) is 4.20. The molecule has 82 valence electrons. The summed E-state index contributed by atoms with van der Waals surface area (Å²) in [6.45, 7) is 1.70. The first-order valence-corrected chi connectivity index (χ1v) is 5.47. The molecule has 0 radical (unpaired) electrons. The fourth-order valence-corrected chi connectivity index (χ4v) is 1.31. The molecular weight excluding hydrogens is 268 g/mol. The number of benzene rings is 1. The molecule has 0 saturated carbocycles. The SMILES string of the molecule is CC(NC(=O)CBr)c1ccc(F)c(F)c1. The third-order valence-corrected chi connectivity index (χ3v) is 2.45. The molecule has 15 heavy (non-hydrogen) atoms. The smallest absolute Gasteiger partial charge is 0.231 e. The van der Waals surface area contributed by atoms with Crippen LogP contribution in [0.15, 0.2) is 18.2 Å². The van der Waals surface area contributed by atoms with E-state index in [1.165, 1.54) is 6.07 Å². The summed E-state index contributed by atoms with van der Waals surface area (Å²) in [6, 6.07) is 3.22. The van der Waals surface area contributed by atoms with E-state index < -0.39 is 11.6 Å². The zero-order valence-corrected chi connectivity index (χ0v) is 9.64. The molecule has 0 bridgehead atoms. The largest absolute Gasteiger partial charge is 0.349 e. The summed E-state index contributed by atoms with van der Waals surface area (Å²) in [5.41, 5.74) is 0.531. The van der Waals surface area contributed by atoms with Gasteiger partial charge in [0.1, 0.15) is 0 Å². The first-order chi connectivity index (χ1) is 7.04. The molecule has 0 spiro atoms. The maximum absolute atomic E-state index is 12.9. The van der Waals surface area contributed by atoms with Gasteiger partial charge in [-0.25, -0.2) is 8.78 Å². The Balaban J connectivity index is 2.78. The zero-order valence-electron chi connectivity index (χ0n) is 8.06. The van der Waals surface area contributed by atoms with Crippen molar-refractivity contribution in [2.75, 3.05) is 5.33 Å². The van der Waals surface area contributed by atoms with Crippen LogP contribution in [-0.4, -0.2) is 11.2 Å². The van der Waals surface area contributed by atoms with Crippen molar-refractivity contribution in [3.8, 4) is 0 Å². The normalized spacial score (nSPS) is 12.3. The molecule has 0 saturated heterocycles. The van der Waals surface area contributed by atoms with Crippen LogP contribution in [0, 0.1) is 11.6 Å². The molecular formula is C10H10BrF2NO. The third kappa shape index (κ3) is 3.27. The highest BCUT2D eigenvalue weighted by Gasteiger charge is 2.10. The summed E-state index contributed by atoms with van der Waals surface area (Å²) in [7, 11) is 0. The Morgan fingerprint density at radius 1 is 1.47 bits per heavy atom. The summed E-state index contributed by atoms with van der Waals surface area (Å²) in [4.78, 5) is 11.0. The van der Waals surface area contributed by atoms with Crippen molar-refractivity contribution in [2.24, 2.45) is 0 Å². The van der Waals surface area contributed by atoms with E-state index in [0.717, 1.165) is 12.1 Å². The van der Waals surface area contributed by atoms with Crippen LogP contribution in [0.5, 0.6) is 0 Å². The molecule has 5 heteroatoms. The standard InChI is InChI=1S/C10H10BrF2NO/c1-6(14-10(15)5-11)7-2-3-8(12)9(13)4-7/h2-4,6H,5H2,1H3,(H,14,15). The lowest BCUT2D eigenvalue weighted by atomic mass is 10.1. The molecule has 1 unspecified atom stereocenters. The molecule has 0 aromatic heterocycles. The molecule has 1 atom stereocenters.